The summed E-state index contributed by atoms with van der Waals surface area (Å²) in [4.78, 5) is 7.91. The van der Waals surface area contributed by atoms with Gasteiger partial charge in [-0.05, 0) is 30.2 Å². The number of ether oxygens (including phenoxy) is 1. The Hall–Kier alpha value is -2.13. The predicted octanol–water partition coefficient (Wildman–Crippen LogP) is 3.42. The summed E-state index contributed by atoms with van der Waals surface area (Å²) in [7, 11) is 1.73. The maximum absolute atomic E-state index is 5.22. The van der Waals surface area contributed by atoms with Crippen LogP contribution in [0.3, 0.4) is 0 Å². The normalized spacial score (nSPS) is 11.0. The zero-order valence-corrected chi connectivity index (χ0v) is 10.9. The van der Waals surface area contributed by atoms with Gasteiger partial charge >= 0.3 is 0 Å². The Bertz CT molecular complexity index is 674. The molecule has 0 bridgehead atoms. The van der Waals surface area contributed by atoms with E-state index in [4.69, 9.17) is 4.74 Å². The zero-order valence-electron chi connectivity index (χ0n) is 10.9. The van der Waals surface area contributed by atoms with Crippen LogP contribution in [0.4, 0.5) is 0 Å². The smallest absolute Gasteiger partial charge is 0.0867 e. The molecule has 2 heterocycles. The van der Waals surface area contributed by atoms with Gasteiger partial charge in [-0.1, -0.05) is 24.3 Å². The van der Waals surface area contributed by atoms with Crippen LogP contribution >= 0.6 is 0 Å². The number of H-pyrrole nitrogens is 1. The molecule has 0 saturated heterocycles. The average molecular weight is 252 g/mol. The Morgan fingerprint density at radius 1 is 1.11 bits per heavy atom. The largest absolute Gasteiger partial charge is 0.384 e. The summed E-state index contributed by atoms with van der Waals surface area (Å²) in [5.41, 5.74) is 4.49. The van der Waals surface area contributed by atoms with Crippen molar-refractivity contribution in [3.05, 3.63) is 54.2 Å². The molecule has 3 rings (SSSR count). The van der Waals surface area contributed by atoms with Crippen molar-refractivity contribution >= 4 is 10.9 Å². The first-order valence-corrected chi connectivity index (χ1v) is 6.40. The highest BCUT2D eigenvalue weighted by atomic mass is 16.5. The summed E-state index contributed by atoms with van der Waals surface area (Å²) in [5.74, 6) is 0. The van der Waals surface area contributed by atoms with E-state index in [1.54, 1.807) is 7.11 Å². The second-order valence-electron chi connectivity index (χ2n) is 4.48. The number of pyridine rings is 1. The van der Waals surface area contributed by atoms with Crippen LogP contribution in [0.15, 0.2) is 48.7 Å². The molecule has 0 saturated carbocycles. The summed E-state index contributed by atoms with van der Waals surface area (Å²) >= 11 is 0. The number of methoxy groups -OCH3 is 1. The lowest BCUT2D eigenvalue weighted by molar-refractivity contribution is 0.202. The number of nitrogens with one attached hydrogen (secondary N) is 1. The second-order valence-corrected chi connectivity index (χ2v) is 4.48. The van der Waals surface area contributed by atoms with Gasteiger partial charge in [0.05, 0.1) is 18.0 Å². The molecule has 96 valence electrons. The van der Waals surface area contributed by atoms with Crippen molar-refractivity contribution in [3.63, 3.8) is 0 Å². The molecule has 0 radical (unpaired) electrons. The first kappa shape index (κ1) is 11.9. The fraction of sp³-hybridized carbons (Fsp3) is 0.188. The number of hydrogen-bond acceptors (Lipinski definition) is 2. The van der Waals surface area contributed by atoms with Gasteiger partial charge in [0.2, 0.25) is 0 Å². The molecule has 19 heavy (non-hydrogen) atoms. The van der Waals surface area contributed by atoms with Crippen LogP contribution in [0.1, 0.15) is 5.56 Å². The lowest BCUT2D eigenvalue weighted by atomic mass is 10.1. The quantitative estimate of drug-likeness (QED) is 0.772. The van der Waals surface area contributed by atoms with Crippen molar-refractivity contribution in [1.29, 1.82) is 0 Å². The van der Waals surface area contributed by atoms with E-state index in [-0.39, 0.29) is 0 Å². The third-order valence-electron chi connectivity index (χ3n) is 3.29. The summed E-state index contributed by atoms with van der Waals surface area (Å²) in [5, 5.41) is 1.25. The Balaban J connectivity index is 2.17. The molecule has 0 aliphatic carbocycles. The minimum absolute atomic E-state index is 0.710. The van der Waals surface area contributed by atoms with Gasteiger partial charge in [-0.2, -0.15) is 0 Å². The topological polar surface area (TPSA) is 37.9 Å². The van der Waals surface area contributed by atoms with Crippen LogP contribution in [0.2, 0.25) is 0 Å². The van der Waals surface area contributed by atoms with Crippen LogP contribution in [0.25, 0.3) is 22.3 Å². The zero-order chi connectivity index (χ0) is 13.1. The van der Waals surface area contributed by atoms with Crippen LogP contribution in [0, 0.1) is 0 Å². The van der Waals surface area contributed by atoms with E-state index < -0.39 is 0 Å². The molecule has 0 atom stereocenters. The van der Waals surface area contributed by atoms with Crippen molar-refractivity contribution in [1.82, 2.24) is 9.97 Å². The lowest BCUT2D eigenvalue weighted by Crippen LogP contribution is -1.96. The number of hydrogen-bond donors (Lipinski definition) is 1. The Morgan fingerprint density at radius 2 is 1.95 bits per heavy atom. The molecule has 3 nitrogen and oxygen atoms in total. The van der Waals surface area contributed by atoms with Crippen molar-refractivity contribution in [2.45, 2.75) is 6.42 Å². The molecular formula is C16H16N2O. The van der Waals surface area contributed by atoms with Gasteiger partial charge < -0.3 is 9.72 Å². The minimum Gasteiger partial charge on any atom is -0.384 e. The van der Waals surface area contributed by atoms with Gasteiger partial charge in [0.1, 0.15) is 0 Å². The second kappa shape index (κ2) is 5.24. The molecule has 0 unspecified atom stereocenters. The Kier molecular flexibility index (Phi) is 3.29. The van der Waals surface area contributed by atoms with E-state index in [1.807, 2.05) is 30.5 Å². The van der Waals surface area contributed by atoms with E-state index in [9.17, 15) is 0 Å². The highest BCUT2D eigenvalue weighted by Crippen LogP contribution is 2.29. The van der Waals surface area contributed by atoms with E-state index >= 15 is 0 Å². The van der Waals surface area contributed by atoms with Gasteiger partial charge in [0.25, 0.3) is 0 Å². The molecule has 0 aliphatic rings. The number of aromatic nitrogens is 2. The fourth-order valence-corrected chi connectivity index (χ4v) is 2.39. The summed E-state index contributed by atoms with van der Waals surface area (Å²) in [6.45, 7) is 0.710. The standard InChI is InChI=1S/C16H16N2O/c1-19-11-9-13-12-6-2-3-7-14(12)18-16(13)15-8-4-5-10-17-15/h2-8,10,18H,9,11H2,1H3. The Morgan fingerprint density at radius 3 is 2.74 bits per heavy atom. The van der Waals surface area contributed by atoms with E-state index in [0.717, 1.165) is 23.3 Å². The van der Waals surface area contributed by atoms with Crippen LogP contribution < -0.4 is 0 Å². The van der Waals surface area contributed by atoms with E-state index in [2.05, 4.69) is 28.2 Å². The SMILES string of the molecule is COCCc1c(-c2ccccn2)[nH]c2ccccc12. The van der Waals surface area contributed by atoms with Gasteiger partial charge in [-0.3, -0.25) is 4.98 Å². The van der Waals surface area contributed by atoms with Gasteiger partial charge in [0.15, 0.2) is 0 Å². The van der Waals surface area contributed by atoms with Crippen molar-refractivity contribution in [2.75, 3.05) is 13.7 Å². The van der Waals surface area contributed by atoms with E-state index in [1.165, 1.54) is 10.9 Å². The van der Waals surface area contributed by atoms with Crippen LogP contribution in [-0.4, -0.2) is 23.7 Å². The number of nitrogens with zero attached hydrogens (tertiary/aromatic N) is 1. The highest BCUT2D eigenvalue weighted by molar-refractivity contribution is 5.90. The third kappa shape index (κ3) is 2.25. The maximum Gasteiger partial charge on any atom is 0.0867 e. The predicted molar refractivity (Wildman–Crippen MR) is 77.1 cm³/mol. The summed E-state index contributed by atoms with van der Waals surface area (Å²) in [6.07, 6.45) is 2.70. The van der Waals surface area contributed by atoms with Crippen LogP contribution in [-0.2, 0) is 11.2 Å². The number of aromatic amines is 1. The van der Waals surface area contributed by atoms with Crippen molar-refractivity contribution in [3.8, 4) is 11.4 Å². The number of benzene rings is 1. The minimum atomic E-state index is 0.710. The molecule has 2 aromatic heterocycles. The highest BCUT2D eigenvalue weighted by Gasteiger charge is 2.13. The monoisotopic (exact) mass is 252 g/mol. The van der Waals surface area contributed by atoms with Gasteiger partial charge in [0, 0.05) is 24.2 Å². The molecule has 0 fully saturated rings. The molecule has 0 aliphatic heterocycles. The molecule has 1 aromatic carbocycles. The Labute approximate surface area is 112 Å². The average Bonchev–Trinajstić information content (AvgIpc) is 2.85. The first-order valence-electron chi connectivity index (χ1n) is 6.40. The van der Waals surface area contributed by atoms with Crippen LogP contribution in [0.5, 0.6) is 0 Å². The molecule has 0 spiro atoms. The maximum atomic E-state index is 5.22. The van der Waals surface area contributed by atoms with Gasteiger partial charge in [-0.15, -0.1) is 0 Å². The molecule has 1 N–H and O–H groups in total. The van der Waals surface area contributed by atoms with E-state index in [0.29, 0.717) is 6.61 Å². The molecular weight excluding hydrogens is 236 g/mol. The number of rotatable bonds is 4. The summed E-state index contributed by atoms with van der Waals surface area (Å²) in [6, 6.07) is 14.3. The number of para-hydroxylation sites is 1. The number of fused-ring (bicyclic) bond motifs is 1. The summed E-state index contributed by atoms with van der Waals surface area (Å²) < 4.78 is 5.22. The molecule has 0 amide bonds. The molecule has 3 aromatic rings. The first-order chi connectivity index (χ1) is 9.40. The third-order valence-corrected chi connectivity index (χ3v) is 3.29. The van der Waals surface area contributed by atoms with Gasteiger partial charge in [-0.25, -0.2) is 0 Å². The molecule has 3 heteroatoms. The lowest BCUT2D eigenvalue weighted by Gasteiger charge is -2.03. The van der Waals surface area contributed by atoms with Crippen molar-refractivity contribution < 1.29 is 4.74 Å². The fourth-order valence-electron chi connectivity index (χ4n) is 2.39. The van der Waals surface area contributed by atoms with Crippen molar-refractivity contribution in [2.24, 2.45) is 0 Å².